The van der Waals surface area contributed by atoms with Crippen molar-refractivity contribution >= 4 is 25.7 Å². The van der Waals surface area contributed by atoms with Gasteiger partial charge in [0.15, 0.2) is 6.10 Å². The summed E-state index contributed by atoms with van der Waals surface area (Å²) in [6.45, 7) is 4.44. The zero-order valence-electron chi connectivity index (χ0n) is 45.9. The highest BCUT2D eigenvalue weighted by atomic mass is 31.2. The summed E-state index contributed by atoms with van der Waals surface area (Å²) in [5.74, 6) is -1.56. The molecule has 0 rings (SSSR count). The molecule has 0 amide bonds. The van der Waals surface area contributed by atoms with Crippen molar-refractivity contribution in [2.24, 2.45) is 0 Å². The molecule has 0 fully saturated rings. The molecule has 0 aliphatic carbocycles. The van der Waals surface area contributed by atoms with Gasteiger partial charge in [0, 0.05) is 19.3 Å². The normalized spacial score (nSPS) is 13.9. The first kappa shape index (κ1) is 68.9. The van der Waals surface area contributed by atoms with E-state index in [0.29, 0.717) is 19.3 Å². The van der Waals surface area contributed by atoms with Gasteiger partial charge in [-0.3, -0.25) is 23.4 Å². The van der Waals surface area contributed by atoms with Gasteiger partial charge in [-0.2, -0.15) is 0 Å². The van der Waals surface area contributed by atoms with E-state index in [0.717, 1.165) is 77.0 Å². The van der Waals surface area contributed by atoms with E-state index in [1.165, 1.54) is 116 Å². The summed E-state index contributed by atoms with van der Waals surface area (Å²) in [5.41, 5.74) is 0. The Morgan fingerprint density at radius 1 is 0.403 bits per heavy atom. The van der Waals surface area contributed by atoms with Crippen LogP contribution in [0.25, 0.3) is 0 Å². The van der Waals surface area contributed by atoms with Crippen molar-refractivity contribution in [2.75, 3.05) is 26.4 Å². The Kier molecular flexibility index (Phi) is 51.9. The molecule has 0 radical (unpaired) electrons. The van der Waals surface area contributed by atoms with Crippen LogP contribution in [-0.2, 0) is 42.2 Å². The number of aliphatic hydroxyl groups is 1. The minimum absolute atomic E-state index is 0.0434. The van der Waals surface area contributed by atoms with E-state index in [4.69, 9.17) is 23.3 Å². The number of hydrogen-bond donors (Lipinski definition) is 2. The SMILES string of the molecule is CC/C=C\C/C=C\C/C=C\C/C=C\C/C=C\C/C=C\CCC(=O)OC(COC(=O)CCCCCCCCCCCCCCCCCCC)COP(=O)(O)OCC(CO)OC(=O)CCCCCCCCCCC. The molecule has 3 unspecified atom stereocenters. The van der Waals surface area contributed by atoms with Gasteiger partial charge in [-0.15, -0.1) is 0 Å². The van der Waals surface area contributed by atoms with E-state index in [2.05, 4.69) is 81.5 Å². The van der Waals surface area contributed by atoms with Crippen molar-refractivity contribution in [1.82, 2.24) is 0 Å². The number of aliphatic hydroxyl groups excluding tert-OH is 1. The van der Waals surface area contributed by atoms with Gasteiger partial charge < -0.3 is 24.2 Å². The average Bonchev–Trinajstić information content (AvgIpc) is 3.37. The Bertz CT molecular complexity index is 1490. The lowest BCUT2D eigenvalue weighted by atomic mass is 10.0. The molecule has 12 heteroatoms. The summed E-state index contributed by atoms with van der Waals surface area (Å²) in [7, 11) is -4.76. The van der Waals surface area contributed by atoms with Crippen LogP contribution in [0.3, 0.4) is 0 Å². The van der Waals surface area contributed by atoms with E-state index in [1.54, 1.807) is 0 Å². The summed E-state index contributed by atoms with van der Waals surface area (Å²) in [5, 5.41) is 9.77. The smallest absolute Gasteiger partial charge is 0.462 e. The van der Waals surface area contributed by atoms with Gasteiger partial charge in [-0.25, -0.2) is 4.57 Å². The van der Waals surface area contributed by atoms with E-state index >= 15 is 0 Å². The fourth-order valence-corrected chi connectivity index (χ4v) is 8.58. The van der Waals surface area contributed by atoms with Gasteiger partial charge >= 0.3 is 25.7 Å². The van der Waals surface area contributed by atoms with Crippen LogP contribution in [0.15, 0.2) is 72.9 Å². The highest BCUT2D eigenvalue weighted by Crippen LogP contribution is 2.43. The van der Waals surface area contributed by atoms with Crippen molar-refractivity contribution in [2.45, 2.75) is 264 Å². The zero-order chi connectivity index (χ0) is 52.7. The van der Waals surface area contributed by atoms with Crippen LogP contribution in [0.4, 0.5) is 0 Å². The summed E-state index contributed by atoms with van der Waals surface area (Å²) >= 11 is 0. The number of rotatable bonds is 53. The lowest BCUT2D eigenvalue weighted by molar-refractivity contribution is -0.161. The molecule has 0 aliphatic heterocycles. The molecule has 0 bridgehead atoms. The fraction of sp³-hybridized carbons (Fsp3) is 0.750. The molecule has 0 aliphatic rings. The predicted octanol–water partition coefficient (Wildman–Crippen LogP) is 16.9. The first-order valence-electron chi connectivity index (χ1n) is 28.8. The van der Waals surface area contributed by atoms with Crippen LogP contribution in [-0.4, -0.2) is 66.5 Å². The van der Waals surface area contributed by atoms with E-state index < -0.39 is 57.8 Å². The first-order valence-corrected chi connectivity index (χ1v) is 30.3. The molecule has 3 atom stereocenters. The van der Waals surface area contributed by atoms with Crippen molar-refractivity contribution in [3.05, 3.63) is 72.9 Å². The first-order chi connectivity index (χ1) is 35.2. The minimum atomic E-state index is -4.76. The second kappa shape index (κ2) is 54.2. The van der Waals surface area contributed by atoms with Gasteiger partial charge in [0.2, 0.25) is 0 Å². The fourth-order valence-electron chi connectivity index (χ4n) is 7.79. The second-order valence-electron chi connectivity index (χ2n) is 19.1. The van der Waals surface area contributed by atoms with Crippen molar-refractivity contribution in [3.63, 3.8) is 0 Å². The number of unbranched alkanes of at least 4 members (excludes halogenated alkanes) is 24. The monoisotopic (exact) mass is 1030 g/mol. The molecule has 72 heavy (non-hydrogen) atoms. The molecule has 0 heterocycles. The molecule has 0 aromatic carbocycles. The van der Waals surface area contributed by atoms with Crippen LogP contribution in [0.1, 0.15) is 252 Å². The molecule has 0 aromatic rings. The molecule has 0 saturated heterocycles. The number of phosphoric ester groups is 1. The van der Waals surface area contributed by atoms with Crippen LogP contribution in [0.2, 0.25) is 0 Å². The minimum Gasteiger partial charge on any atom is -0.462 e. The Labute approximate surface area is 439 Å². The standard InChI is InChI=1S/C60H105O11P/c1-4-7-10-13-16-19-21-23-25-27-28-30-32-34-36-39-42-45-48-51-60(64)71-57(53-67-58(62)49-46-43-40-38-35-33-31-29-26-24-22-20-17-14-11-8-5-2)55-69-72(65,66)68-54-56(52-61)70-59(63)50-47-44-41-37-18-15-12-9-6-3/h7,10,16,19,23,25,28,30,34,36,42,45,56-57,61H,4-6,8-9,11-15,17-18,20-22,24,26-27,29,31-33,35,37-41,43-44,46-55H2,1-3H3,(H,65,66)/b10-7-,19-16-,25-23-,30-28-,36-34-,45-42-. The maximum atomic E-state index is 12.9. The summed E-state index contributed by atoms with van der Waals surface area (Å²) in [4.78, 5) is 48.4. The highest BCUT2D eigenvalue weighted by Gasteiger charge is 2.28. The lowest BCUT2D eigenvalue weighted by Gasteiger charge is -2.21. The topological polar surface area (TPSA) is 155 Å². The van der Waals surface area contributed by atoms with Gasteiger partial charge in [0.05, 0.1) is 19.8 Å². The molecule has 2 N–H and O–H groups in total. The second-order valence-corrected chi connectivity index (χ2v) is 20.5. The zero-order valence-corrected chi connectivity index (χ0v) is 46.8. The largest absolute Gasteiger partial charge is 0.472 e. The maximum Gasteiger partial charge on any atom is 0.472 e. The molecule has 0 saturated carbocycles. The number of carbonyl (C=O) groups is 3. The quantitative estimate of drug-likeness (QED) is 0.0197. The summed E-state index contributed by atoms with van der Waals surface area (Å²) in [6.07, 6.45) is 60.3. The van der Waals surface area contributed by atoms with Crippen LogP contribution in [0.5, 0.6) is 0 Å². The average molecular weight is 1030 g/mol. The number of carbonyl (C=O) groups excluding carboxylic acids is 3. The Balaban J connectivity index is 4.81. The molecule has 0 spiro atoms. The Morgan fingerprint density at radius 2 is 0.722 bits per heavy atom. The van der Waals surface area contributed by atoms with E-state index in [1.807, 2.05) is 12.2 Å². The predicted molar refractivity (Wildman–Crippen MR) is 298 cm³/mol. The summed E-state index contributed by atoms with van der Waals surface area (Å²) in [6, 6.07) is 0. The maximum absolute atomic E-state index is 12.9. The lowest BCUT2D eigenvalue weighted by Crippen LogP contribution is -2.30. The molecule has 0 aromatic heterocycles. The van der Waals surface area contributed by atoms with E-state index in [-0.39, 0.29) is 25.9 Å². The Morgan fingerprint density at radius 3 is 1.11 bits per heavy atom. The van der Waals surface area contributed by atoms with E-state index in [9.17, 15) is 28.9 Å². The number of allylic oxidation sites excluding steroid dienone is 12. The van der Waals surface area contributed by atoms with Gasteiger partial charge in [-0.05, 0) is 57.8 Å². The van der Waals surface area contributed by atoms with Gasteiger partial charge in [0.25, 0.3) is 0 Å². The van der Waals surface area contributed by atoms with Crippen molar-refractivity contribution in [3.8, 4) is 0 Å². The highest BCUT2D eigenvalue weighted by molar-refractivity contribution is 7.47. The number of esters is 3. The van der Waals surface area contributed by atoms with Crippen molar-refractivity contribution < 1.29 is 52.2 Å². The van der Waals surface area contributed by atoms with Crippen LogP contribution < -0.4 is 0 Å². The third-order valence-corrected chi connectivity index (χ3v) is 13.1. The summed E-state index contributed by atoms with van der Waals surface area (Å²) < 4.78 is 39.4. The molecule has 11 nitrogen and oxygen atoms in total. The molecule has 416 valence electrons. The van der Waals surface area contributed by atoms with Crippen LogP contribution >= 0.6 is 7.82 Å². The third kappa shape index (κ3) is 51.8. The van der Waals surface area contributed by atoms with Crippen LogP contribution in [0, 0.1) is 0 Å². The third-order valence-electron chi connectivity index (χ3n) is 12.2. The van der Waals surface area contributed by atoms with Crippen molar-refractivity contribution in [1.29, 1.82) is 0 Å². The number of ether oxygens (including phenoxy) is 3. The van der Waals surface area contributed by atoms with Gasteiger partial charge in [0.1, 0.15) is 12.7 Å². The van der Waals surface area contributed by atoms with Gasteiger partial charge in [-0.1, -0.05) is 248 Å². The molecular formula is C60H105O11P. The number of phosphoric acid groups is 1. The Hall–Kier alpha value is -3.08. The molecular weight excluding hydrogens is 928 g/mol. The number of hydrogen-bond acceptors (Lipinski definition) is 10.